The minimum Gasteiger partial charge on any atom is -0.382 e. The molecule has 1 aliphatic heterocycles. The zero-order chi connectivity index (χ0) is 17.5. The molecule has 1 heterocycles. The maximum atomic E-state index is 13.0. The Kier molecular flexibility index (Phi) is 6.99. The molecule has 2 amide bonds. The van der Waals surface area contributed by atoms with Crippen LogP contribution in [0.3, 0.4) is 0 Å². The number of amides is 2. The van der Waals surface area contributed by atoms with Gasteiger partial charge >= 0.3 is 6.03 Å². The molecule has 0 radical (unpaired) electrons. The van der Waals surface area contributed by atoms with Crippen molar-refractivity contribution in [2.75, 3.05) is 33.4 Å². The van der Waals surface area contributed by atoms with Gasteiger partial charge in [-0.1, -0.05) is 26.0 Å². The van der Waals surface area contributed by atoms with Crippen LogP contribution in [0.4, 0.5) is 9.18 Å². The Labute approximate surface area is 143 Å². The van der Waals surface area contributed by atoms with E-state index in [1.807, 2.05) is 0 Å². The molecule has 0 spiro atoms. The Bertz CT molecular complexity index is 520. The molecule has 1 aromatic carbocycles. The smallest absolute Gasteiger partial charge is 0.317 e. The molecule has 5 nitrogen and oxygen atoms in total. The zero-order valence-electron chi connectivity index (χ0n) is 14.6. The molecule has 0 saturated carbocycles. The van der Waals surface area contributed by atoms with Gasteiger partial charge in [-0.15, -0.1) is 0 Å². The third-order valence-electron chi connectivity index (χ3n) is 4.26. The molecule has 0 aliphatic carbocycles. The number of rotatable bonds is 6. The van der Waals surface area contributed by atoms with Crippen LogP contribution in [0.15, 0.2) is 24.3 Å². The SMILES string of the molecule is COC[C@@H]1CN(C(=O)N[C@@H](Cc2ccc(F)cc2)C(C)C)CCO1. The number of nitrogens with one attached hydrogen (secondary N) is 1. The third-order valence-corrected chi connectivity index (χ3v) is 4.26. The summed E-state index contributed by atoms with van der Waals surface area (Å²) in [6.45, 7) is 6.25. The van der Waals surface area contributed by atoms with E-state index in [0.717, 1.165) is 5.56 Å². The highest BCUT2D eigenvalue weighted by Gasteiger charge is 2.26. The fourth-order valence-corrected chi connectivity index (χ4v) is 2.77. The summed E-state index contributed by atoms with van der Waals surface area (Å²) >= 11 is 0. The summed E-state index contributed by atoms with van der Waals surface area (Å²) in [7, 11) is 1.62. The van der Waals surface area contributed by atoms with Crippen molar-refractivity contribution in [2.24, 2.45) is 5.92 Å². The van der Waals surface area contributed by atoms with Gasteiger partial charge < -0.3 is 19.7 Å². The maximum absolute atomic E-state index is 13.0. The van der Waals surface area contributed by atoms with Crippen LogP contribution in [0.5, 0.6) is 0 Å². The molecule has 6 heteroatoms. The molecule has 24 heavy (non-hydrogen) atoms. The summed E-state index contributed by atoms with van der Waals surface area (Å²) in [6, 6.07) is 6.34. The number of carbonyl (C=O) groups is 1. The van der Waals surface area contributed by atoms with Crippen molar-refractivity contribution in [3.05, 3.63) is 35.6 Å². The van der Waals surface area contributed by atoms with Gasteiger partial charge in [0.15, 0.2) is 0 Å². The van der Waals surface area contributed by atoms with Gasteiger partial charge in [-0.25, -0.2) is 9.18 Å². The Morgan fingerprint density at radius 1 is 1.42 bits per heavy atom. The second kappa shape index (κ2) is 8.99. The van der Waals surface area contributed by atoms with E-state index < -0.39 is 0 Å². The standard InChI is InChI=1S/C18H27FN2O3/c1-13(2)17(10-14-4-6-15(19)7-5-14)20-18(22)21-8-9-24-16(11-21)12-23-3/h4-7,13,16-17H,8-12H2,1-3H3,(H,20,22)/t16-,17-/m0/s1. The lowest BCUT2D eigenvalue weighted by atomic mass is 9.96. The second-order valence-corrected chi connectivity index (χ2v) is 6.52. The molecule has 1 N–H and O–H groups in total. The summed E-state index contributed by atoms with van der Waals surface area (Å²) in [4.78, 5) is 14.3. The van der Waals surface area contributed by atoms with Gasteiger partial charge in [0.2, 0.25) is 0 Å². The summed E-state index contributed by atoms with van der Waals surface area (Å²) in [6.07, 6.45) is 0.597. The molecule has 0 aromatic heterocycles. The quantitative estimate of drug-likeness (QED) is 0.867. The molecular weight excluding hydrogens is 311 g/mol. The van der Waals surface area contributed by atoms with Crippen LogP contribution >= 0.6 is 0 Å². The lowest BCUT2D eigenvalue weighted by Crippen LogP contribution is -2.53. The number of ether oxygens (including phenoxy) is 2. The van der Waals surface area contributed by atoms with Crippen LogP contribution in [0.1, 0.15) is 19.4 Å². The van der Waals surface area contributed by atoms with Crippen molar-refractivity contribution >= 4 is 6.03 Å². The first-order chi connectivity index (χ1) is 11.5. The molecule has 2 rings (SSSR count). The Hall–Kier alpha value is -1.66. The molecule has 1 aromatic rings. The highest BCUT2D eigenvalue weighted by Crippen LogP contribution is 2.13. The van der Waals surface area contributed by atoms with Gasteiger partial charge in [0, 0.05) is 19.7 Å². The van der Waals surface area contributed by atoms with Crippen molar-refractivity contribution in [3.8, 4) is 0 Å². The number of morpholine rings is 1. The number of hydrogen-bond acceptors (Lipinski definition) is 3. The van der Waals surface area contributed by atoms with E-state index in [4.69, 9.17) is 9.47 Å². The average molecular weight is 338 g/mol. The molecule has 1 aliphatic rings. The number of urea groups is 1. The molecule has 1 fully saturated rings. The topological polar surface area (TPSA) is 50.8 Å². The molecule has 134 valence electrons. The van der Waals surface area contributed by atoms with E-state index in [1.54, 1.807) is 24.1 Å². The first-order valence-corrected chi connectivity index (χ1v) is 8.40. The van der Waals surface area contributed by atoms with Gasteiger partial charge in [0.25, 0.3) is 0 Å². The number of methoxy groups -OCH3 is 1. The highest BCUT2D eigenvalue weighted by atomic mass is 19.1. The van der Waals surface area contributed by atoms with Crippen molar-refractivity contribution < 1.29 is 18.7 Å². The predicted molar refractivity (Wildman–Crippen MR) is 90.5 cm³/mol. The Morgan fingerprint density at radius 3 is 2.75 bits per heavy atom. The van der Waals surface area contributed by atoms with Crippen LogP contribution in [-0.2, 0) is 15.9 Å². The normalized spacial score (nSPS) is 19.4. The van der Waals surface area contributed by atoms with Gasteiger partial charge in [0.1, 0.15) is 5.82 Å². The first kappa shape index (κ1) is 18.7. The fraction of sp³-hybridized carbons (Fsp3) is 0.611. The van der Waals surface area contributed by atoms with Gasteiger partial charge in [-0.2, -0.15) is 0 Å². The molecule has 0 unspecified atom stereocenters. The average Bonchev–Trinajstić information content (AvgIpc) is 2.56. The van der Waals surface area contributed by atoms with Crippen LogP contribution in [0, 0.1) is 11.7 Å². The monoisotopic (exact) mass is 338 g/mol. The summed E-state index contributed by atoms with van der Waals surface area (Å²) in [5.74, 6) is 0.0243. The Balaban J connectivity index is 1.94. The predicted octanol–water partition coefficient (Wildman–Crippen LogP) is 2.45. The lowest BCUT2D eigenvalue weighted by molar-refractivity contribution is -0.0497. The summed E-state index contributed by atoms with van der Waals surface area (Å²) < 4.78 is 23.7. The van der Waals surface area contributed by atoms with E-state index >= 15 is 0 Å². The van der Waals surface area contributed by atoms with Crippen molar-refractivity contribution in [3.63, 3.8) is 0 Å². The first-order valence-electron chi connectivity index (χ1n) is 8.40. The van der Waals surface area contributed by atoms with E-state index in [0.29, 0.717) is 32.7 Å². The van der Waals surface area contributed by atoms with Crippen LogP contribution in [-0.4, -0.2) is 56.5 Å². The number of hydrogen-bond donors (Lipinski definition) is 1. The zero-order valence-corrected chi connectivity index (χ0v) is 14.6. The van der Waals surface area contributed by atoms with Crippen LogP contribution in [0.25, 0.3) is 0 Å². The van der Waals surface area contributed by atoms with Gasteiger partial charge in [-0.3, -0.25) is 0 Å². The van der Waals surface area contributed by atoms with Gasteiger partial charge in [-0.05, 0) is 30.0 Å². The number of benzene rings is 1. The maximum Gasteiger partial charge on any atom is 0.317 e. The fourth-order valence-electron chi connectivity index (χ4n) is 2.77. The molecule has 1 saturated heterocycles. The summed E-state index contributed by atoms with van der Waals surface area (Å²) in [5, 5.41) is 3.11. The minimum absolute atomic E-state index is 0.00770. The van der Waals surface area contributed by atoms with Crippen molar-refractivity contribution in [1.29, 1.82) is 0 Å². The van der Waals surface area contributed by atoms with Gasteiger partial charge in [0.05, 0.1) is 25.9 Å². The lowest BCUT2D eigenvalue weighted by Gasteiger charge is -2.34. The van der Waals surface area contributed by atoms with Crippen molar-refractivity contribution in [2.45, 2.75) is 32.4 Å². The molecule has 0 bridgehead atoms. The van der Waals surface area contributed by atoms with E-state index in [2.05, 4.69) is 19.2 Å². The highest BCUT2D eigenvalue weighted by molar-refractivity contribution is 5.74. The van der Waals surface area contributed by atoms with Crippen LogP contribution < -0.4 is 5.32 Å². The Morgan fingerprint density at radius 2 is 2.12 bits per heavy atom. The molecular formula is C18H27FN2O3. The molecule has 2 atom stereocenters. The number of nitrogens with zero attached hydrogens (tertiary/aromatic N) is 1. The second-order valence-electron chi connectivity index (χ2n) is 6.52. The third kappa shape index (κ3) is 5.46. The van der Waals surface area contributed by atoms with E-state index in [9.17, 15) is 9.18 Å². The largest absolute Gasteiger partial charge is 0.382 e. The van der Waals surface area contributed by atoms with E-state index in [1.165, 1.54) is 12.1 Å². The minimum atomic E-state index is -0.249. The number of carbonyl (C=O) groups excluding carboxylic acids is 1. The van der Waals surface area contributed by atoms with E-state index in [-0.39, 0.29) is 29.9 Å². The van der Waals surface area contributed by atoms with Crippen LogP contribution in [0.2, 0.25) is 0 Å². The number of halogens is 1. The summed E-state index contributed by atoms with van der Waals surface area (Å²) in [5.41, 5.74) is 1.01. The van der Waals surface area contributed by atoms with Crippen molar-refractivity contribution in [1.82, 2.24) is 10.2 Å².